The van der Waals surface area contributed by atoms with Gasteiger partial charge in [-0.15, -0.1) is 10.2 Å². The second kappa shape index (κ2) is 6.07. The molecule has 0 bridgehead atoms. The van der Waals surface area contributed by atoms with E-state index in [1.54, 1.807) is 6.20 Å². The van der Waals surface area contributed by atoms with Gasteiger partial charge in [0.15, 0.2) is 11.5 Å². The van der Waals surface area contributed by atoms with Gasteiger partial charge in [0.25, 0.3) is 0 Å². The molecule has 1 aliphatic heterocycles. The van der Waals surface area contributed by atoms with Crippen LogP contribution in [-0.4, -0.2) is 48.2 Å². The van der Waals surface area contributed by atoms with Crippen molar-refractivity contribution in [3.8, 4) is 11.4 Å². The molecule has 0 saturated carbocycles. The standard InChI is InChI=1S/C17H18N4O4/c1-10-8-20(14-7-12(23)13(9-22)25-14)17(24)21-15(10)18-19-16(21)11-5-3-2-4-6-11/h2-6,8,12-14,22-23H,7,9H2,1H3/t12-,13+,14+/m0/s1. The Bertz CT molecular complexity index is 966. The lowest BCUT2D eigenvalue weighted by molar-refractivity contribution is -0.0460. The molecule has 0 amide bonds. The maximum atomic E-state index is 13.0. The molecule has 3 heterocycles. The zero-order valence-electron chi connectivity index (χ0n) is 13.6. The van der Waals surface area contributed by atoms with E-state index in [0.29, 0.717) is 11.5 Å². The predicted molar refractivity (Wildman–Crippen MR) is 89.0 cm³/mol. The Kier molecular flexibility index (Phi) is 3.87. The summed E-state index contributed by atoms with van der Waals surface area (Å²) in [5.74, 6) is 0.454. The van der Waals surface area contributed by atoms with E-state index in [0.717, 1.165) is 11.1 Å². The third-order valence-electron chi connectivity index (χ3n) is 4.49. The molecule has 130 valence electrons. The highest BCUT2D eigenvalue weighted by Crippen LogP contribution is 2.28. The molecule has 1 aromatic carbocycles. The van der Waals surface area contributed by atoms with Gasteiger partial charge in [0.2, 0.25) is 0 Å². The molecule has 1 fully saturated rings. The molecule has 25 heavy (non-hydrogen) atoms. The summed E-state index contributed by atoms with van der Waals surface area (Å²) >= 11 is 0. The Morgan fingerprint density at radius 2 is 2.04 bits per heavy atom. The number of fused-ring (bicyclic) bond motifs is 1. The van der Waals surface area contributed by atoms with E-state index in [1.165, 1.54) is 8.97 Å². The summed E-state index contributed by atoms with van der Waals surface area (Å²) in [6, 6.07) is 9.35. The molecular formula is C17H18N4O4. The van der Waals surface area contributed by atoms with Crippen molar-refractivity contribution >= 4 is 5.65 Å². The molecule has 1 saturated heterocycles. The first-order valence-electron chi connectivity index (χ1n) is 8.07. The number of nitrogens with zero attached hydrogens (tertiary/aromatic N) is 4. The second-order valence-corrected chi connectivity index (χ2v) is 6.17. The molecule has 1 aliphatic rings. The second-order valence-electron chi connectivity index (χ2n) is 6.17. The van der Waals surface area contributed by atoms with E-state index in [2.05, 4.69) is 10.2 Å². The molecule has 2 aromatic heterocycles. The van der Waals surface area contributed by atoms with Gasteiger partial charge in [0.1, 0.15) is 12.3 Å². The lowest BCUT2D eigenvalue weighted by atomic mass is 10.2. The van der Waals surface area contributed by atoms with Crippen LogP contribution < -0.4 is 5.69 Å². The summed E-state index contributed by atoms with van der Waals surface area (Å²) in [6.45, 7) is 1.54. The number of benzene rings is 1. The first kappa shape index (κ1) is 15.9. The van der Waals surface area contributed by atoms with Crippen LogP contribution in [0.2, 0.25) is 0 Å². The van der Waals surface area contributed by atoms with Crippen LogP contribution in [0.4, 0.5) is 0 Å². The Morgan fingerprint density at radius 3 is 2.72 bits per heavy atom. The molecule has 0 spiro atoms. The molecule has 0 radical (unpaired) electrons. The average molecular weight is 342 g/mol. The molecule has 0 aliphatic carbocycles. The first-order chi connectivity index (χ1) is 12.1. The first-order valence-corrected chi connectivity index (χ1v) is 8.07. The topological polar surface area (TPSA) is 102 Å². The van der Waals surface area contributed by atoms with Gasteiger partial charge in [0, 0.05) is 23.7 Å². The number of aliphatic hydroxyl groups excluding tert-OH is 2. The van der Waals surface area contributed by atoms with Crippen molar-refractivity contribution in [2.24, 2.45) is 0 Å². The third-order valence-corrected chi connectivity index (χ3v) is 4.49. The van der Waals surface area contributed by atoms with Crippen molar-refractivity contribution < 1.29 is 14.9 Å². The number of aliphatic hydroxyl groups is 2. The minimum absolute atomic E-state index is 0.235. The SMILES string of the molecule is Cc1cn([C@H]2C[C@H](O)[C@@H](CO)O2)c(=O)n2c(-c3ccccc3)nnc12. The quantitative estimate of drug-likeness (QED) is 0.719. The molecule has 0 unspecified atom stereocenters. The van der Waals surface area contributed by atoms with Crippen molar-refractivity contribution in [1.29, 1.82) is 0 Å². The fourth-order valence-corrected chi connectivity index (χ4v) is 3.19. The van der Waals surface area contributed by atoms with E-state index in [4.69, 9.17) is 4.74 Å². The molecule has 2 N–H and O–H groups in total. The summed E-state index contributed by atoms with van der Waals surface area (Å²) in [5, 5.41) is 27.5. The Balaban J connectivity index is 1.88. The van der Waals surface area contributed by atoms with Crippen LogP contribution in [0.5, 0.6) is 0 Å². The number of hydrogen-bond acceptors (Lipinski definition) is 6. The highest BCUT2D eigenvalue weighted by molar-refractivity contribution is 5.60. The van der Waals surface area contributed by atoms with Crippen LogP contribution in [0.25, 0.3) is 17.0 Å². The summed E-state index contributed by atoms with van der Waals surface area (Å²) in [4.78, 5) is 13.0. The summed E-state index contributed by atoms with van der Waals surface area (Å²) in [6.07, 6.45) is -0.263. The predicted octanol–water partition coefficient (Wildman–Crippen LogP) is 0.507. The van der Waals surface area contributed by atoms with Crippen LogP contribution in [0.15, 0.2) is 41.3 Å². The van der Waals surface area contributed by atoms with Crippen LogP contribution in [0.3, 0.4) is 0 Å². The van der Waals surface area contributed by atoms with E-state index < -0.39 is 18.4 Å². The molecular weight excluding hydrogens is 324 g/mol. The number of ether oxygens (including phenoxy) is 1. The van der Waals surface area contributed by atoms with Crippen molar-refractivity contribution in [2.45, 2.75) is 31.8 Å². The van der Waals surface area contributed by atoms with Crippen molar-refractivity contribution in [3.63, 3.8) is 0 Å². The molecule has 3 atom stereocenters. The lowest BCUT2D eigenvalue weighted by Crippen LogP contribution is -2.31. The van der Waals surface area contributed by atoms with Crippen molar-refractivity contribution in [3.05, 3.63) is 52.6 Å². The Morgan fingerprint density at radius 1 is 1.28 bits per heavy atom. The van der Waals surface area contributed by atoms with Gasteiger partial charge in [-0.25, -0.2) is 9.20 Å². The Labute approximate surface area is 142 Å². The van der Waals surface area contributed by atoms with Gasteiger partial charge in [-0.05, 0) is 6.92 Å². The molecule has 4 rings (SSSR count). The smallest absolute Gasteiger partial charge is 0.337 e. The van der Waals surface area contributed by atoms with Crippen LogP contribution in [-0.2, 0) is 4.74 Å². The van der Waals surface area contributed by atoms with Crippen LogP contribution in [0, 0.1) is 6.92 Å². The minimum Gasteiger partial charge on any atom is -0.394 e. The van der Waals surface area contributed by atoms with Gasteiger partial charge >= 0.3 is 5.69 Å². The van der Waals surface area contributed by atoms with Gasteiger partial charge in [-0.3, -0.25) is 4.57 Å². The fourth-order valence-electron chi connectivity index (χ4n) is 3.19. The lowest BCUT2D eigenvalue weighted by Gasteiger charge is -2.16. The monoisotopic (exact) mass is 342 g/mol. The van der Waals surface area contributed by atoms with Crippen molar-refractivity contribution in [2.75, 3.05) is 6.61 Å². The zero-order valence-corrected chi connectivity index (χ0v) is 13.6. The number of aryl methyl sites for hydroxylation is 1. The van der Waals surface area contributed by atoms with Crippen molar-refractivity contribution in [1.82, 2.24) is 19.2 Å². The van der Waals surface area contributed by atoms with E-state index >= 15 is 0 Å². The summed E-state index contributed by atoms with van der Waals surface area (Å²) in [7, 11) is 0. The summed E-state index contributed by atoms with van der Waals surface area (Å²) < 4.78 is 8.50. The Hall–Kier alpha value is -2.55. The fraction of sp³-hybridized carbons (Fsp3) is 0.353. The third kappa shape index (κ3) is 2.55. The number of hydrogen-bond donors (Lipinski definition) is 2. The van der Waals surface area contributed by atoms with Gasteiger partial charge < -0.3 is 14.9 Å². The van der Waals surface area contributed by atoms with E-state index in [-0.39, 0.29) is 18.7 Å². The van der Waals surface area contributed by atoms with E-state index in [9.17, 15) is 15.0 Å². The summed E-state index contributed by atoms with van der Waals surface area (Å²) in [5.41, 5.74) is 1.68. The number of aromatic nitrogens is 4. The van der Waals surface area contributed by atoms with E-state index in [1.807, 2.05) is 37.3 Å². The van der Waals surface area contributed by atoms with Gasteiger partial charge in [-0.1, -0.05) is 30.3 Å². The van der Waals surface area contributed by atoms with Crippen LogP contribution >= 0.6 is 0 Å². The highest BCUT2D eigenvalue weighted by Gasteiger charge is 2.35. The minimum atomic E-state index is -0.813. The average Bonchev–Trinajstić information content (AvgIpc) is 3.23. The molecule has 8 nitrogen and oxygen atoms in total. The maximum absolute atomic E-state index is 13.0. The highest BCUT2D eigenvalue weighted by atomic mass is 16.5. The number of rotatable bonds is 3. The van der Waals surface area contributed by atoms with Gasteiger partial charge in [0.05, 0.1) is 12.7 Å². The normalized spacial score (nSPS) is 23.4. The molecule has 8 heteroatoms. The van der Waals surface area contributed by atoms with Gasteiger partial charge in [-0.2, -0.15) is 0 Å². The largest absolute Gasteiger partial charge is 0.394 e. The maximum Gasteiger partial charge on any atom is 0.337 e. The molecule has 3 aromatic rings. The van der Waals surface area contributed by atoms with Crippen LogP contribution in [0.1, 0.15) is 18.2 Å². The zero-order chi connectivity index (χ0) is 17.6.